The van der Waals surface area contributed by atoms with Gasteiger partial charge in [-0.2, -0.15) is 0 Å². The lowest BCUT2D eigenvalue weighted by Gasteiger charge is -2.20. The van der Waals surface area contributed by atoms with Gasteiger partial charge in [-0.15, -0.1) is 0 Å². The summed E-state index contributed by atoms with van der Waals surface area (Å²) in [4.78, 5) is 22.5. The summed E-state index contributed by atoms with van der Waals surface area (Å²) >= 11 is 5.85. The summed E-state index contributed by atoms with van der Waals surface area (Å²) in [7, 11) is 0. The molecule has 116 valence electrons. The van der Waals surface area contributed by atoms with Crippen molar-refractivity contribution in [3.05, 3.63) is 28.8 Å². The zero-order valence-corrected chi connectivity index (χ0v) is 12.8. The van der Waals surface area contributed by atoms with Crippen molar-refractivity contribution in [1.82, 2.24) is 0 Å². The molecule has 1 aromatic carbocycles. The molecule has 0 aliphatic carbocycles. The van der Waals surface area contributed by atoms with Gasteiger partial charge in [-0.25, -0.2) is 9.59 Å². The molecule has 3 N–H and O–H groups in total. The third kappa shape index (κ3) is 6.01. The number of carboxylic acid groups (broad SMARTS) is 1. The monoisotopic (exact) mass is 315 g/mol. The minimum Gasteiger partial charge on any atom is -0.479 e. The van der Waals surface area contributed by atoms with Crippen molar-refractivity contribution in [1.29, 1.82) is 0 Å². The van der Waals surface area contributed by atoms with Crippen molar-refractivity contribution in [2.45, 2.75) is 38.9 Å². The largest absolute Gasteiger partial charge is 0.479 e. The number of carbonyl (C=O) groups excluding carboxylic acids is 1. The molecule has 1 unspecified atom stereocenters. The zero-order chi connectivity index (χ0) is 16.2. The summed E-state index contributed by atoms with van der Waals surface area (Å²) in [5, 5.41) is 21.1. The molecule has 1 atom stereocenters. The van der Waals surface area contributed by atoms with Crippen LogP contribution in [0.4, 0.5) is 10.5 Å². The Bertz CT molecular complexity index is 539. The van der Waals surface area contributed by atoms with Gasteiger partial charge in [-0.1, -0.05) is 11.6 Å². The molecule has 0 bridgehead atoms. The number of ether oxygens (including phenoxy) is 1. The molecule has 0 aromatic heterocycles. The number of hydrogen-bond donors (Lipinski definition) is 3. The van der Waals surface area contributed by atoms with Crippen LogP contribution in [0.25, 0.3) is 0 Å². The maximum absolute atomic E-state index is 11.7. The third-order valence-corrected chi connectivity index (χ3v) is 2.64. The highest BCUT2D eigenvalue weighted by molar-refractivity contribution is 6.30. The van der Waals surface area contributed by atoms with E-state index in [9.17, 15) is 14.7 Å². The van der Waals surface area contributed by atoms with E-state index in [-0.39, 0.29) is 6.42 Å². The van der Waals surface area contributed by atoms with Crippen LogP contribution in [0.1, 0.15) is 26.3 Å². The van der Waals surface area contributed by atoms with Crippen LogP contribution in [-0.2, 0) is 16.0 Å². The highest BCUT2D eigenvalue weighted by Gasteiger charge is 2.20. The fourth-order valence-electron chi connectivity index (χ4n) is 1.56. The van der Waals surface area contributed by atoms with Crippen molar-refractivity contribution in [2.75, 3.05) is 5.32 Å². The molecule has 0 aliphatic heterocycles. The normalized spacial score (nSPS) is 12.6. The van der Waals surface area contributed by atoms with Crippen LogP contribution in [0, 0.1) is 0 Å². The molecule has 0 radical (unpaired) electrons. The Morgan fingerprint density at radius 1 is 1.38 bits per heavy atom. The van der Waals surface area contributed by atoms with Crippen LogP contribution in [-0.4, -0.2) is 34.0 Å². The second-order valence-corrected chi connectivity index (χ2v) is 5.92. The highest BCUT2D eigenvalue weighted by atomic mass is 35.5. The maximum Gasteiger partial charge on any atom is 0.412 e. The van der Waals surface area contributed by atoms with Gasteiger partial charge < -0.3 is 14.9 Å². The molecule has 7 heteroatoms. The van der Waals surface area contributed by atoms with Gasteiger partial charge >= 0.3 is 12.1 Å². The number of nitrogens with one attached hydrogen (secondary N) is 1. The van der Waals surface area contributed by atoms with Gasteiger partial charge in [0.05, 0.1) is 0 Å². The van der Waals surface area contributed by atoms with E-state index in [4.69, 9.17) is 21.4 Å². The first-order chi connectivity index (χ1) is 9.58. The molecule has 0 fully saturated rings. The Kier molecular flexibility index (Phi) is 5.57. The van der Waals surface area contributed by atoms with Gasteiger partial charge in [-0.05, 0) is 44.5 Å². The lowest BCUT2D eigenvalue weighted by atomic mass is 10.1. The second-order valence-electron chi connectivity index (χ2n) is 5.49. The van der Waals surface area contributed by atoms with E-state index >= 15 is 0 Å². The molecule has 0 spiro atoms. The van der Waals surface area contributed by atoms with Crippen LogP contribution in [0.15, 0.2) is 18.2 Å². The molecule has 21 heavy (non-hydrogen) atoms. The van der Waals surface area contributed by atoms with Gasteiger partial charge in [0, 0.05) is 17.1 Å². The van der Waals surface area contributed by atoms with Crippen molar-refractivity contribution < 1.29 is 24.5 Å². The van der Waals surface area contributed by atoms with Gasteiger partial charge in [0.1, 0.15) is 5.60 Å². The molecule has 0 saturated heterocycles. The van der Waals surface area contributed by atoms with E-state index < -0.39 is 23.8 Å². The van der Waals surface area contributed by atoms with Crippen LogP contribution < -0.4 is 5.32 Å². The molecule has 6 nitrogen and oxygen atoms in total. The molecule has 1 amide bonds. The molecule has 1 aromatic rings. The predicted octanol–water partition coefficient (Wildman–Crippen LogP) is 2.68. The highest BCUT2D eigenvalue weighted by Crippen LogP contribution is 2.23. The van der Waals surface area contributed by atoms with Gasteiger partial charge in [0.15, 0.2) is 6.10 Å². The first-order valence-electron chi connectivity index (χ1n) is 6.28. The number of hydrogen-bond acceptors (Lipinski definition) is 4. The molecule has 1 rings (SSSR count). The number of aliphatic hydroxyl groups is 1. The number of carbonyl (C=O) groups is 2. The minimum absolute atomic E-state index is 0.180. The van der Waals surface area contributed by atoms with Crippen LogP contribution in [0.3, 0.4) is 0 Å². The minimum atomic E-state index is -1.58. The van der Waals surface area contributed by atoms with E-state index in [2.05, 4.69) is 5.32 Å². The smallest absolute Gasteiger partial charge is 0.412 e. The number of halogens is 1. The Morgan fingerprint density at radius 2 is 2.00 bits per heavy atom. The summed E-state index contributed by atoms with van der Waals surface area (Å²) in [6.45, 7) is 5.18. The SMILES string of the molecule is CC(C)(C)OC(=O)Nc1ccc(Cl)cc1CC(O)C(=O)O. The molecular weight excluding hydrogens is 298 g/mol. The number of rotatable bonds is 4. The Hall–Kier alpha value is -1.79. The van der Waals surface area contributed by atoms with E-state index in [0.29, 0.717) is 16.3 Å². The summed E-state index contributed by atoms with van der Waals surface area (Å²) in [5.41, 5.74) is 0.0919. The summed E-state index contributed by atoms with van der Waals surface area (Å²) in [6, 6.07) is 4.56. The van der Waals surface area contributed by atoms with Crippen LogP contribution in [0.2, 0.25) is 5.02 Å². The van der Waals surface area contributed by atoms with E-state index in [0.717, 1.165) is 0 Å². The second kappa shape index (κ2) is 6.78. The molecule has 0 saturated carbocycles. The van der Waals surface area contributed by atoms with Crippen molar-refractivity contribution in [2.24, 2.45) is 0 Å². The number of amides is 1. The van der Waals surface area contributed by atoms with Crippen molar-refractivity contribution in [3.8, 4) is 0 Å². The van der Waals surface area contributed by atoms with Gasteiger partial charge in [-0.3, -0.25) is 5.32 Å². The number of carboxylic acids is 1. The third-order valence-electron chi connectivity index (χ3n) is 2.40. The average molecular weight is 316 g/mol. The quantitative estimate of drug-likeness (QED) is 0.794. The lowest BCUT2D eigenvalue weighted by Crippen LogP contribution is -2.28. The molecule has 0 aliphatic rings. The Morgan fingerprint density at radius 3 is 2.52 bits per heavy atom. The number of aliphatic carboxylic acids is 1. The van der Waals surface area contributed by atoms with Crippen LogP contribution in [0.5, 0.6) is 0 Å². The van der Waals surface area contributed by atoms with Gasteiger partial charge in [0.2, 0.25) is 0 Å². The van der Waals surface area contributed by atoms with Crippen LogP contribution >= 0.6 is 11.6 Å². The average Bonchev–Trinajstić information content (AvgIpc) is 2.30. The molecule has 0 heterocycles. The van der Waals surface area contributed by atoms with E-state index in [1.807, 2.05) is 0 Å². The first-order valence-corrected chi connectivity index (χ1v) is 6.65. The van der Waals surface area contributed by atoms with Crippen molar-refractivity contribution >= 4 is 29.4 Å². The standard InChI is InChI=1S/C14H18ClNO5/c1-14(2,3)21-13(20)16-10-5-4-9(15)6-8(10)7-11(17)12(18)19/h4-6,11,17H,7H2,1-3H3,(H,16,20)(H,18,19). The Labute approximate surface area is 127 Å². The van der Waals surface area contributed by atoms with E-state index in [1.165, 1.54) is 12.1 Å². The van der Waals surface area contributed by atoms with E-state index in [1.54, 1.807) is 26.8 Å². The fraction of sp³-hybridized carbons (Fsp3) is 0.429. The maximum atomic E-state index is 11.7. The van der Waals surface area contributed by atoms with Crippen molar-refractivity contribution in [3.63, 3.8) is 0 Å². The summed E-state index contributed by atoms with van der Waals surface area (Å²) < 4.78 is 5.12. The number of aliphatic hydroxyl groups excluding tert-OH is 1. The number of anilines is 1. The fourth-order valence-corrected chi connectivity index (χ4v) is 1.76. The number of benzene rings is 1. The zero-order valence-electron chi connectivity index (χ0n) is 12.0. The first kappa shape index (κ1) is 17.3. The Balaban J connectivity index is 2.91. The lowest BCUT2D eigenvalue weighted by molar-refractivity contribution is -0.146. The summed E-state index contributed by atoms with van der Waals surface area (Å²) in [6.07, 6.45) is -2.43. The topological polar surface area (TPSA) is 95.9 Å². The van der Waals surface area contributed by atoms with Gasteiger partial charge in [0.25, 0.3) is 0 Å². The molecular formula is C14H18ClNO5. The predicted molar refractivity (Wildman–Crippen MR) is 78.7 cm³/mol. The summed E-state index contributed by atoms with van der Waals surface area (Å²) in [5.74, 6) is -1.35.